The van der Waals surface area contributed by atoms with Crippen LogP contribution in [-0.2, 0) is 28.5 Å². The first-order valence-electron chi connectivity index (χ1n) is 13.5. The van der Waals surface area contributed by atoms with Gasteiger partial charge in [-0.15, -0.1) is 5.10 Å². The van der Waals surface area contributed by atoms with Crippen molar-refractivity contribution in [2.75, 3.05) is 26.2 Å². The number of H-pyrrole nitrogens is 1. The van der Waals surface area contributed by atoms with Gasteiger partial charge in [-0.3, -0.25) is 9.48 Å². The second kappa shape index (κ2) is 11.9. The average molecular weight is 607 g/mol. The molecule has 224 valence electrons. The summed E-state index contributed by atoms with van der Waals surface area (Å²) >= 11 is 0. The van der Waals surface area contributed by atoms with Crippen LogP contribution in [0.5, 0.6) is 0 Å². The summed E-state index contributed by atoms with van der Waals surface area (Å²) in [5.74, 6) is -0.677. The molecule has 0 atom stereocenters. The number of likely N-dealkylation sites (tertiary alicyclic amines) is 1. The molecule has 0 unspecified atom stereocenters. The number of sulfonamides is 1. The molecule has 0 bridgehead atoms. The van der Waals surface area contributed by atoms with Crippen LogP contribution in [0.3, 0.4) is 0 Å². The number of Topliss-reactive ketones (excluding diaryl/α,β-unsaturated/α-hetero) is 1. The number of nitrogens with zero attached hydrogens (tertiary/aromatic N) is 4. The molecule has 0 amide bonds. The van der Waals surface area contributed by atoms with Gasteiger partial charge in [-0.05, 0) is 67.7 Å². The first-order chi connectivity index (χ1) is 19.9. The number of benzene rings is 2. The molecule has 1 aliphatic rings. The second-order valence-corrected chi connectivity index (χ2v) is 12.4. The third-order valence-electron chi connectivity index (χ3n) is 7.45. The van der Waals surface area contributed by atoms with Crippen molar-refractivity contribution in [3.05, 3.63) is 71.3 Å². The highest BCUT2D eigenvalue weighted by Gasteiger charge is 2.30. The van der Waals surface area contributed by atoms with Crippen LogP contribution in [0.25, 0.3) is 22.2 Å². The van der Waals surface area contributed by atoms with E-state index in [1.165, 1.54) is 31.2 Å². The van der Waals surface area contributed by atoms with Crippen molar-refractivity contribution in [1.29, 1.82) is 0 Å². The quantitative estimate of drug-likeness (QED) is 0.201. The molecular formula is C28H30F4N6O3S. The van der Waals surface area contributed by atoms with Gasteiger partial charge < -0.3 is 9.88 Å². The molecule has 42 heavy (non-hydrogen) atoms. The van der Waals surface area contributed by atoms with Crippen molar-refractivity contribution in [3.63, 3.8) is 0 Å². The Kier molecular flexibility index (Phi) is 8.49. The van der Waals surface area contributed by atoms with Gasteiger partial charge >= 0.3 is 6.18 Å². The van der Waals surface area contributed by atoms with Crippen LogP contribution in [0, 0.1) is 11.7 Å². The molecule has 5 rings (SSSR count). The standard InChI is InChI=1S/C28H30F4N6O3S/c1-18(39)27-26(23-14-22(29)6-7-24(23)34-27)25-16-38(36-35-25)15-19-8-11-37(12-9-19)13-10-33-42(40,41)17-20-2-4-21(5-3-20)28(30,31)32/h2-7,14,16,19,33-34H,8-13,15,17H2,1H3. The number of ketones is 1. The molecular weight excluding hydrogens is 576 g/mol. The summed E-state index contributed by atoms with van der Waals surface area (Å²) in [5, 5.41) is 9.07. The molecule has 0 saturated carbocycles. The fourth-order valence-electron chi connectivity index (χ4n) is 5.27. The van der Waals surface area contributed by atoms with Crippen LogP contribution in [0.2, 0.25) is 0 Å². The third-order valence-corrected chi connectivity index (χ3v) is 8.81. The minimum absolute atomic E-state index is 0.189. The SMILES string of the molecule is CC(=O)c1[nH]c2ccc(F)cc2c1-c1cn(CC2CCN(CCNS(=O)(=O)Cc3ccc(C(F)(F)F)cc3)CC2)nn1. The Morgan fingerprint density at radius 3 is 2.50 bits per heavy atom. The lowest BCUT2D eigenvalue weighted by Gasteiger charge is -2.31. The van der Waals surface area contributed by atoms with Gasteiger partial charge in [0.05, 0.1) is 23.2 Å². The Morgan fingerprint density at radius 2 is 1.83 bits per heavy atom. The zero-order valence-corrected chi connectivity index (χ0v) is 23.6. The number of fused-ring (bicyclic) bond motifs is 1. The van der Waals surface area contributed by atoms with Gasteiger partial charge in [-0.25, -0.2) is 17.5 Å². The normalized spacial score (nSPS) is 15.5. The molecule has 3 heterocycles. The van der Waals surface area contributed by atoms with Crippen molar-refractivity contribution in [2.24, 2.45) is 5.92 Å². The molecule has 2 N–H and O–H groups in total. The van der Waals surface area contributed by atoms with Crippen LogP contribution in [0.4, 0.5) is 17.6 Å². The summed E-state index contributed by atoms with van der Waals surface area (Å²) in [6, 6.07) is 8.39. The number of aromatic amines is 1. The summed E-state index contributed by atoms with van der Waals surface area (Å²) in [4.78, 5) is 17.5. The van der Waals surface area contributed by atoms with Crippen molar-refractivity contribution in [2.45, 2.75) is 38.2 Å². The second-order valence-electron chi connectivity index (χ2n) is 10.6. The highest BCUT2D eigenvalue weighted by molar-refractivity contribution is 7.88. The lowest BCUT2D eigenvalue weighted by Crippen LogP contribution is -2.40. The monoisotopic (exact) mass is 606 g/mol. The zero-order valence-electron chi connectivity index (χ0n) is 22.8. The summed E-state index contributed by atoms with van der Waals surface area (Å²) in [5.41, 5.74) is 1.46. The first kappa shape index (κ1) is 29.9. The molecule has 14 heteroatoms. The third kappa shape index (κ3) is 7.05. The molecule has 2 aromatic carbocycles. The Morgan fingerprint density at radius 1 is 1.12 bits per heavy atom. The van der Waals surface area contributed by atoms with Gasteiger partial charge in [0.25, 0.3) is 0 Å². The molecule has 4 aromatic rings. The van der Waals surface area contributed by atoms with Gasteiger partial charge in [0.2, 0.25) is 10.0 Å². The minimum Gasteiger partial charge on any atom is -0.352 e. The van der Waals surface area contributed by atoms with Crippen molar-refractivity contribution < 1.29 is 30.8 Å². The molecule has 0 radical (unpaired) electrons. The number of alkyl halides is 3. The number of hydrogen-bond acceptors (Lipinski definition) is 6. The Labute approximate surface area is 239 Å². The van der Waals surface area contributed by atoms with Crippen molar-refractivity contribution in [1.82, 2.24) is 29.6 Å². The summed E-state index contributed by atoms with van der Waals surface area (Å²) in [7, 11) is -3.70. The predicted molar refractivity (Wildman–Crippen MR) is 149 cm³/mol. The van der Waals surface area contributed by atoms with Gasteiger partial charge in [0.15, 0.2) is 5.78 Å². The topological polar surface area (TPSA) is 113 Å². The molecule has 1 fully saturated rings. The van der Waals surface area contributed by atoms with E-state index >= 15 is 0 Å². The molecule has 1 saturated heterocycles. The van der Waals surface area contributed by atoms with E-state index in [1.807, 2.05) is 0 Å². The van der Waals surface area contributed by atoms with E-state index in [0.717, 1.165) is 38.1 Å². The largest absolute Gasteiger partial charge is 0.416 e. The summed E-state index contributed by atoms with van der Waals surface area (Å²) < 4.78 is 81.2. The van der Waals surface area contributed by atoms with E-state index < -0.39 is 33.3 Å². The molecule has 1 aliphatic heterocycles. The Bertz CT molecular complexity index is 1670. The van der Waals surface area contributed by atoms with E-state index in [0.29, 0.717) is 46.9 Å². The van der Waals surface area contributed by atoms with Crippen LogP contribution in [0.1, 0.15) is 41.4 Å². The number of aromatic nitrogens is 4. The predicted octanol–water partition coefficient (Wildman–Crippen LogP) is 4.62. The first-order valence-corrected chi connectivity index (χ1v) is 15.1. The maximum atomic E-state index is 13.9. The fraction of sp³-hybridized carbons (Fsp3) is 0.393. The maximum absolute atomic E-state index is 13.9. The molecule has 0 aliphatic carbocycles. The highest BCUT2D eigenvalue weighted by Crippen LogP contribution is 2.32. The number of hydrogen-bond donors (Lipinski definition) is 2. The van der Waals surface area contributed by atoms with E-state index in [-0.39, 0.29) is 17.9 Å². The summed E-state index contributed by atoms with van der Waals surface area (Å²) in [6.45, 7) is 4.30. The molecule has 9 nitrogen and oxygen atoms in total. The zero-order chi connectivity index (χ0) is 30.1. The van der Waals surface area contributed by atoms with Crippen LogP contribution in [0.15, 0.2) is 48.7 Å². The van der Waals surface area contributed by atoms with E-state index in [2.05, 4.69) is 24.9 Å². The number of rotatable bonds is 10. The minimum atomic E-state index is -4.47. The van der Waals surface area contributed by atoms with Crippen LogP contribution >= 0.6 is 0 Å². The van der Waals surface area contributed by atoms with Crippen molar-refractivity contribution >= 4 is 26.7 Å². The van der Waals surface area contributed by atoms with Crippen LogP contribution in [-0.4, -0.2) is 65.3 Å². The number of piperidine rings is 1. The van der Waals surface area contributed by atoms with E-state index in [9.17, 15) is 30.8 Å². The summed E-state index contributed by atoms with van der Waals surface area (Å²) in [6.07, 6.45) is -0.978. The average Bonchev–Trinajstić information content (AvgIpc) is 3.53. The number of halogens is 4. The lowest BCUT2D eigenvalue weighted by atomic mass is 9.97. The van der Waals surface area contributed by atoms with Gasteiger partial charge in [-0.2, -0.15) is 13.2 Å². The highest BCUT2D eigenvalue weighted by atomic mass is 32.2. The smallest absolute Gasteiger partial charge is 0.352 e. The number of nitrogens with one attached hydrogen (secondary N) is 2. The van der Waals surface area contributed by atoms with E-state index in [1.54, 1.807) is 16.9 Å². The molecule has 2 aromatic heterocycles. The molecule has 0 spiro atoms. The fourth-order valence-corrected chi connectivity index (χ4v) is 6.41. The maximum Gasteiger partial charge on any atom is 0.416 e. The van der Waals surface area contributed by atoms with Gasteiger partial charge in [0.1, 0.15) is 11.5 Å². The number of carbonyl (C=O) groups excluding carboxylic acids is 1. The van der Waals surface area contributed by atoms with Crippen LogP contribution < -0.4 is 4.72 Å². The van der Waals surface area contributed by atoms with Gasteiger partial charge in [0, 0.05) is 43.0 Å². The Hall–Kier alpha value is -3.62. The van der Waals surface area contributed by atoms with E-state index in [4.69, 9.17) is 0 Å². The lowest BCUT2D eigenvalue weighted by molar-refractivity contribution is -0.137. The number of carbonyl (C=O) groups is 1. The van der Waals surface area contributed by atoms with Gasteiger partial charge in [-0.1, -0.05) is 17.3 Å². The Balaban J connectivity index is 1.10. The van der Waals surface area contributed by atoms with Crippen molar-refractivity contribution in [3.8, 4) is 11.3 Å².